The Labute approximate surface area is 140 Å². The summed E-state index contributed by atoms with van der Waals surface area (Å²) < 4.78 is 34.6. The smallest absolute Gasteiger partial charge is 0.123 e. The van der Waals surface area contributed by atoms with Crippen molar-refractivity contribution in [3.05, 3.63) is 64.9 Å². The highest BCUT2D eigenvalue weighted by Gasteiger charge is 2.13. The van der Waals surface area contributed by atoms with Crippen LogP contribution in [-0.4, -0.2) is 13.7 Å². The number of halogens is 1. The molecule has 1 aromatic heterocycles. The van der Waals surface area contributed by atoms with E-state index < -0.39 is 11.1 Å². The first kappa shape index (κ1) is 16.0. The van der Waals surface area contributed by atoms with Crippen LogP contribution >= 0.6 is 11.3 Å². The van der Waals surface area contributed by atoms with E-state index in [-0.39, 0.29) is 11.6 Å². The van der Waals surface area contributed by atoms with Crippen LogP contribution in [0.2, 0.25) is 0 Å². The van der Waals surface area contributed by atoms with Gasteiger partial charge in [0.2, 0.25) is 0 Å². The molecular weight excluding hydrogens is 333 g/mol. The molecule has 0 saturated heterocycles. The normalized spacial score (nSPS) is 12.3. The molecule has 1 unspecified atom stereocenters. The minimum Gasteiger partial charge on any atom is -0.772 e. The van der Waals surface area contributed by atoms with E-state index in [9.17, 15) is 13.2 Å². The zero-order valence-electron chi connectivity index (χ0n) is 12.3. The van der Waals surface area contributed by atoms with Crippen LogP contribution in [0.25, 0.3) is 21.7 Å². The summed E-state index contributed by atoms with van der Waals surface area (Å²) in [6.07, 6.45) is 0. The van der Waals surface area contributed by atoms with Crippen molar-refractivity contribution in [1.29, 1.82) is 0 Å². The maximum Gasteiger partial charge on any atom is 0.123 e. The maximum absolute atomic E-state index is 13.1. The standard InChI is InChI=1S/C17H14FNO2S2/c1-11-19-16(13-6-8-15(18)9-7-13)17(22-11)14-4-2-12(3-5-14)10-23(20)21/h2-9H,10H2,1H3,(H,20,21)/p-1. The fourth-order valence-electron chi connectivity index (χ4n) is 2.31. The Morgan fingerprint density at radius 1 is 1.09 bits per heavy atom. The van der Waals surface area contributed by atoms with Crippen molar-refractivity contribution in [1.82, 2.24) is 4.98 Å². The number of aryl methyl sites for hydroxylation is 1. The van der Waals surface area contributed by atoms with Crippen LogP contribution in [0, 0.1) is 12.7 Å². The van der Waals surface area contributed by atoms with E-state index in [1.165, 1.54) is 12.1 Å². The molecule has 0 saturated carbocycles. The molecule has 0 aliphatic rings. The number of rotatable bonds is 4. The quantitative estimate of drug-likeness (QED) is 0.662. The van der Waals surface area contributed by atoms with Gasteiger partial charge in [-0.15, -0.1) is 11.3 Å². The van der Waals surface area contributed by atoms with Crippen molar-refractivity contribution in [3.8, 4) is 21.7 Å². The van der Waals surface area contributed by atoms with Gasteiger partial charge in [0.1, 0.15) is 5.82 Å². The van der Waals surface area contributed by atoms with E-state index in [2.05, 4.69) is 4.98 Å². The zero-order chi connectivity index (χ0) is 16.4. The van der Waals surface area contributed by atoms with Gasteiger partial charge in [0.05, 0.1) is 15.6 Å². The van der Waals surface area contributed by atoms with Crippen LogP contribution in [0.4, 0.5) is 4.39 Å². The van der Waals surface area contributed by atoms with E-state index >= 15 is 0 Å². The average Bonchev–Trinajstić information content (AvgIpc) is 2.90. The largest absolute Gasteiger partial charge is 0.772 e. The van der Waals surface area contributed by atoms with Crippen molar-refractivity contribution in [2.24, 2.45) is 0 Å². The first-order valence-corrected chi connectivity index (χ1v) is 8.97. The highest BCUT2D eigenvalue weighted by molar-refractivity contribution is 7.78. The number of nitrogens with zero attached hydrogens (tertiary/aromatic N) is 1. The average molecular weight is 346 g/mol. The Morgan fingerprint density at radius 3 is 2.30 bits per heavy atom. The first-order valence-electron chi connectivity index (χ1n) is 6.91. The van der Waals surface area contributed by atoms with Crippen LogP contribution < -0.4 is 0 Å². The third kappa shape index (κ3) is 3.72. The van der Waals surface area contributed by atoms with Crippen molar-refractivity contribution in [2.45, 2.75) is 12.7 Å². The highest BCUT2D eigenvalue weighted by Crippen LogP contribution is 2.36. The van der Waals surface area contributed by atoms with Gasteiger partial charge in [-0.05, 0) is 42.3 Å². The van der Waals surface area contributed by atoms with Crippen molar-refractivity contribution < 1.29 is 13.2 Å². The number of hydrogen-bond donors (Lipinski definition) is 0. The van der Waals surface area contributed by atoms with Gasteiger partial charge >= 0.3 is 0 Å². The Balaban J connectivity index is 2.00. The zero-order valence-corrected chi connectivity index (χ0v) is 13.9. The van der Waals surface area contributed by atoms with Crippen molar-refractivity contribution >= 4 is 22.4 Å². The number of benzene rings is 2. The molecule has 118 valence electrons. The van der Waals surface area contributed by atoms with Gasteiger partial charge in [-0.1, -0.05) is 35.3 Å². The number of aromatic nitrogens is 1. The predicted octanol–water partition coefficient (Wildman–Crippen LogP) is 4.30. The lowest BCUT2D eigenvalue weighted by atomic mass is 10.1. The van der Waals surface area contributed by atoms with Gasteiger partial charge in [-0.3, -0.25) is 4.21 Å². The summed E-state index contributed by atoms with van der Waals surface area (Å²) in [5, 5.41) is 0.920. The summed E-state index contributed by atoms with van der Waals surface area (Å²) in [5.74, 6) is -0.274. The fourth-order valence-corrected chi connectivity index (χ4v) is 3.73. The lowest BCUT2D eigenvalue weighted by molar-refractivity contribution is 0.536. The summed E-state index contributed by atoms with van der Waals surface area (Å²) in [6.45, 7) is 1.93. The molecule has 1 heterocycles. The lowest BCUT2D eigenvalue weighted by Gasteiger charge is -2.07. The predicted molar refractivity (Wildman–Crippen MR) is 90.3 cm³/mol. The molecule has 0 aliphatic carbocycles. The third-order valence-electron chi connectivity index (χ3n) is 3.35. The molecule has 3 nitrogen and oxygen atoms in total. The van der Waals surface area contributed by atoms with Crippen LogP contribution in [0.5, 0.6) is 0 Å². The molecule has 3 rings (SSSR count). The SMILES string of the molecule is Cc1nc(-c2ccc(F)cc2)c(-c2ccc(CS(=O)[O-])cc2)s1. The molecule has 0 N–H and O–H groups in total. The van der Waals surface area contributed by atoms with Crippen LogP contribution in [0.15, 0.2) is 48.5 Å². The molecule has 0 aliphatic heterocycles. The molecule has 0 radical (unpaired) electrons. The monoisotopic (exact) mass is 346 g/mol. The summed E-state index contributed by atoms with van der Waals surface area (Å²) in [7, 11) is 0. The summed E-state index contributed by atoms with van der Waals surface area (Å²) in [6, 6.07) is 13.6. The number of thiazole rings is 1. The molecule has 0 fully saturated rings. The molecule has 23 heavy (non-hydrogen) atoms. The van der Waals surface area contributed by atoms with E-state index in [0.29, 0.717) is 0 Å². The summed E-state index contributed by atoms with van der Waals surface area (Å²) in [5.41, 5.74) is 3.38. The Bertz CT molecular complexity index is 842. The minimum absolute atomic E-state index is 0.00676. The lowest BCUT2D eigenvalue weighted by Crippen LogP contribution is -1.92. The summed E-state index contributed by atoms with van der Waals surface area (Å²) in [4.78, 5) is 5.54. The van der Waals surface area contributed by atoms with Gasteiger partial charge in [-0.25, -0.2) is 9.37 Å². The van der Waals surface area contributed by atoms with E-state index in [1.807, 2.05) is 19.1 Å². The second-order valence-electron chi connectivity index (χ2n) is 5.06. The van der Waals surface area contributed by atoms with Gasteiger partial charge < -0.3 is 4.55 Å². The molecule has 0 amide bonds. The Hall–Kier alpha value is -1.89. The second kappa shape index (κ2) is 6.70. The van der Waals surface area contributed by atoms with Crippen LogP contribution in [0.1, 0.15) is 10.6 Å². The first-order chi connectivity index (χ1) is 11.0. The molecule has 6 heteroatoms. The maximum atomic E-state index is 13.1. The second-order valence-corrected chi connectivity index (χ2v) is 7.16. The van der Waals surface area contributed by atoms with E-state index in [1.54, 1.807) is 35.6 Å². The minimum atomic E-state index is -2.10. The highest BCUT2D eigenvalue weighted by atomic mass is 32.2. The molecule has 0 bridgehead atoms. The van der Waals surface area contributed by atoms with Gasteiger partial charge in [0.15, 0.2) is 0 Å². The van der Waals surface area contributed by atoms with Crippen LogP contribution in [-0.2, 0) is 16.8 Å². The molecule has 0 spiro atoms. The van der Waals surface area contributed by atoms with Gasteiger partial charge in [0, 0.05) is 11.3 Å². The third-order valence-corrected chi connectivity index (χ3v) is 4.94. The molecule has 2 aromatic carbocycles. The molecule has 3 aromatic rings. The molecule has 1 atom stereocenters. The van der Waals surface area contributed by atoms with E-state index in [0.717, 1.165) is 32.3 Å². The molecular formula is C17H13FNO2S2-. The Kier molecular flexibility index (Phi) is 4.66. The van der Waals surface area contributed by atoms with Crippen LogP contribution in [0.3, 0.4) is 0 Å². The van der Waals surface area contributed by atoms with Crippen molar-refractivity contribution in [2.75, 3.05) is 0 Å². The van der Waals surface area contributed by atoms with Gasteiger partial charge in [-0.2, -0.15) is 0 Å². The van der Waals surface area contributed by atoms with Gasteiger partial charge in [0.25, 0.3) is 0 Å². The Morgan fingerprint density at radius 2 is 1.70 bits per heavy atom. The van der Waals surface area contributed by atoms with E-state index in [4.69, 9.17) is 0 Å². The fraction of sp³-hybridized carbons (Fsp3) is 0.118. The topological polar surface area (TPSA) is 53.0 Å². The van der Waals surface area contributed by atoms with Crippen molar-refractivity contribution in [3.63, 3.8) is 0 Å². The number of hydrogen-bond acceptors (Lipinski definition) is 4. The summed E-state index contributed by atoms with van der Waals surface area (Å²) >= 11 is -0.535.